The van der Waals surface area contributed by atoms with Crippen LogP contribution in [0, 0.1) is 6.92 Å². The van der Waals surface area contributed by atoms with Gasteiger partial charge >= 0.3 is 5.97 Å². The Morgan fingerprint density at radius 2 is 1.86 bits per heavy atom. The van der Waals surface area contributed by atoms with E-state index < -0.39 is 11.9 Å². The molecule has 0 unspecified atom stereocenters. The van der Waals surface area contributed by atoms with Crippen LogP contribution < -0.4 is 11.1 Å². The Morgan fingerprint density at radius 1 is 1.18 bits per heavy atom. The smallest absolute Gasteiger partial charge is 0.338 e. The van der Waals surface area contributed by atoms with Gasteiger partial charge in [-0.15, -0.1) is 0 Å². The number of nitrogen functional groups attached to an aromatic ring is 1. The zero-order chi connectivity index (χ0) is 16.1. The van der Waals surface area contributed by atoms with Gasteiger partial charge in [-0.2, -0.15) is 0 Å². The second-order valence-corrected chi connectivity index (χ2v) is 5.12. The highest BCUT2D eigenvalue weighted by Crippen LogP contribution is 2.19. The summed E-state index contributed by atoms with van der Waals surface area (Å²) in [6.45, 7) is 1.48. The van der Waals surface area contributed by atoms with E-state index in [2.05, 4.69) is 5.32 Å². The molecule has 22 heavy (non-hydrogen) atoms. The third-order valence-electron chi connectivity index (χ3n) is 2.94. The van der Waals surface area contributed by atoms with Gasteiger partial charge in [-0.3, -0.25) is 4.79 Å². The minimum atomic E-state index is -0.586. The summed E-state index contributed by atoms with van der Waals surface area (Å²) in [6.07, 6.45) is 0. The fraction of sp³-hybridized carbons (Fsp3) is 0.125. The molecule has 5 nitrogen and oxygen atoms in total. The highest BCUT2D eigenvalue weighted by molar-refractivity contribution is 6.31. The van der Waals surface area contributed by atoms with Crippen molar-refractivity contribution in [3.05, 3.63) is 58.6 Å². The van der Waals surface area contributed by atoms with Crippen molar-refractivity contribution in [2.24, 2.45) is 0 Å². The Kier molecular flexibility index (Phi) is 5.01. The number of nitrogens with two attached hydrogens (primary N) is 1. The lowest BCUT2D eigenvalue weighted by Gasteiger charge is -2.08. The lowest BCUT2D eigenvalue weighted by Crippen LogP contribution is -2.20. The molecule has 0 aromatic heterocycles. The molecule has 6 heteroatoms. The minimum absolute atomic E-state index is 0.334. The number of ether oxygens (including phenoxy) is 1. The molecule has 2 aromatic rings. The molecule has 0 aliphatic heterocycles. The molecule has 0 fully saturated rings. The van der Waals surface area contributed by atoms with Gasteiger partial charge in [0, 0.05) is 16.4 Å². The number of aryl methyl sites for hydroxylation is 1. The molecule has 0 spiro atoms. The molecule has 0 aliphatic rings. The topological polar surface area (TPSA) is 81.4 Å². The number of carbonyl (C=O) groups is 2. The summed E-state index contributed by atoms with van der Waals surface area (Å²) < 4.78 is 4.93. The number of hydrogen-bond donors (Lipinski definition) is 2. The summed E-state index contributed by atoms with van der Waals surface area (Å²) >= 11 is 5.97. The zero-order valence-electron chi connectivity index (χ0n) is 11.9. The van der Waals surface area contributed by atoms with Crippen molar-refractivity contribution in [1.82, 2.24) is 0 Å². The van der Waals surface area contributed by atoms with Crippen molar-refractivity contribution >= 4 is 34.9 Å². The van der Waals surface area contributed by atoms with E-state index in [9.17, 15) is 9.59 Å². The molecule has 0 aliphatic carbocycles. The lowest BCUT2D eigenvalue weighted by atomic mass is 10.2. The van der Waals surface area contributed by atoms with Crippen molar-refractivity contribution in [2.45, 2.75) is 6.92 Å². The van der Waals surface area contributed by atoms with E-state index in [-0.39, 0.29) is 6.61 Å². The second-order valence-electron chi connectivity index (χ2n) is 4.71. The summed E-state index contributed by atoms with van der Waals surface area (Å²) in [4.78, 5) is 23.5. The van der Waals surface area contributed by atoms with Crippen LogP contribution >= 0.6 is 11.6 Å². The highest BCUT2D eigenvalue weighted by atomic mass is 35.5. The number of anilines is 2. The monoisotopic (exact) mass is 318 g/mol. The van der Waals surface area contributed by atoms with Gasteiger partial charge in [0.25, 0.3) is 5.91 Å². The van der Waals surface area contributed by atoms with Gasteiger partial charge in [-0.1, -0.05) is 17.7 Å². The van der Waals surface area contributed by atoms with Crippen molar-refractivity contribution in [3.8, 4) is 0 Å². The Hall–Kier alpha value is -2.53. The van der Waals surface area contributed by atoms with Gasteiger partial charge in [0.1, 0.15) is 0 Å². The predicted octanol–water partition coefficient (Wildman–Crippen LogP) is 3.03. The van der Waals surface area contributed by atoms with Crippen LogP contribution in [0.2, 0.25) is 5.02 Å². The van der Waals surface area contributed by atoms with Crippen molar-refractivity contribution < 1.29 is 14.3 Å². The van der Waals surface area contributed by atoms with Crippen LogP contribution in [-0.4, -0.2) is 18.5 Å². The number of hydrogen-bond acceptors (Lipinski definition) is 4. The molecular formula is C16H15ClN2O3. The third-order valence-corrected chi connectivity index (χ3v) is 3.34. The number of nitrogens with one attached hydrogen (secondary N) is 1. The first-order chi connectivity index (χ1) is 10.5. The van der Waals surface area contributed by atoms with Crippen LogP contribution in [0.15, 0.2) is 42.5 Å². The number of benzene rings is 2. The summed E-state index contributed by atoms with van der Waals surface area (Å²) in [5.41, 5.74) is 7.87. The molecule has 0 saturated heterocycles. The Bertz CT molecular complexity index is 699. The van der Waals surface area contributed by atoms with Crippen LogP contribution in [0.3, 0.4) is 0 Å². The van der Waals surface area contributed by atoms with Crippen LogP contribution in [0.5, 0.6) is 0 Å². The number of esters is 1. The van der Waals surface area contributed by atoms with E-state index in [1.54, 1.807) is 30.3 Å². The Balaban J connectivity index is 1.88. The highest BCUT2D eigenvalue weighted by Gasteiger charge is 2.10. The maximum absolute atomic E-state index is 11.7. The first-order valence-corrected chi connectivity index (χ1v) is 6.92. The van der Waals surface area contributed by atoms with E-state index in [0.29, 0.717) is 22.0 Å². The number of halogens is 1. The zero-order valence-corrected chi connectivity index (χ0v) is 12.7. The summed E-state index contributed by atoms with van der Waals surface area (Å²) in [5.74, 6) is -1.03. The summed E-state index contributed by atoms with van der Waals surface area (Å²) in [5, 5.41) is 3.16. The lowest BCUT2D eigenvalue weighted by molar-refractivity contribution is -0.119. The van der Waals surface area contributed by atoms with Crippen molar-refractivity contribution in [3.63, 3.8) is 0 Å². The summed E-state index contributed by atoms with van der Waals surface area (Å²) in [6, 6.07) is 11.4. The van der Waals surface area contributed by atoms with Crippen LogP contribution in [-0.2, 0) is 9.53 Å². The van der Waals surface area contributed by atoms with Gasteiger partial charge in [-0.05, 0) is 48.9 Å². The van der Waals surface area contributed by atoms with Gasteiger partial charge in [0.05, 0.1) is 5.56 Å². The van der Waals surface area contributed by atoms with E-state index in [1.165, 1.54) is 12.1 Å². The Labute approximate surface area is 133 Å². The molecule has 0 bridgehead atoms. The van der Waals surface area contributed by atoms with Crippen molar-refractivity contribution in [2.75, 3.05) is 17.7 Å². The average molecular weight is 319 g/mol. The largest absolute Gasteiger partial charge is 0.452 e. The molecular weight excluding hydrogens is 304 g/mol. The van der Waals surface area contributed by atoms with Gasteiger partial charge in [-0.25, -0.2) is 4.79 Å². The van der Waals surface area contributed by atoms with Crippen LogP contribution in [0.1, 0.15) is 15.9 Å². The van der Waals surface area contributed by atoms with E-state index in [4.69, 9.17) is 22.1 Å². The van der Waals surface area contributed by atoms with E-state index in [1.807, 2.05) is 6.92 Å². The number of carbonyl (C=O) groups excluding carboxylic acids is 2. The van der Waals surface area contributed by atoms with E-state index in [0.717, 1.165) is 5.56 Å². The molecule has 114 valence electrons. The maximum atomic E-state index is 11.7. The molecule has 1 amide bonds. The Morgan fingerprint density at radius 3 is 2.50 bits per heavy atom. The van der Waals surface area contributed by atoms with Gasteiger partial charge in [0.2, 0.25) is 0 Å². The number of rotatable bonds is 4. The van der Waals surface area contributed by atoms with Gasteiger partial charge in [0.15, 0.2) is 6.61 Å². The van der Waals surface area contributed by atoms with Gasteiger partial charge < -0.3 is 15.8 Å². The minimum Gasteiger partial charge on any atom is -0.452 e. The standard InChI is InChI=1S/C16H15ClN2O3/c1-10-2-7-13(8-14(10)17)19-15(20)9-22-16(21)11-3-5-12(18)6-4-11/h2-8H,9,18H2,1H3,(H,19,20). The predicted molar refractivity (Wildman–Crippen MR) is 86.0 cm³/mol. The van der Waals surface area contributed by atoms with Crippen LogP contribution in [0.4, 0.5) is 11.4 Å². The molecule has 3 N–H and O–H groups in total. The number of amides is 1. The molecule has 0 saturated carbocycles. The quantitative estimate of drug-likeness (QED) is 0.670. The molecule has 2 aromatic carbocycles. The van der Waals surface area contributed by atoms with E-state index >= 15 is 0 Å². The SMILES string of the molecule is Cc1ccc(NC(=O)COC(=O)c2ccc(N)cc2)cc1Cl. The van der Waals surface area contributed by atoms with Crippen LogP contribution in [0.25, 0.3) is 0 Å². The molecule has 0 heterocycles. The fourth-order valence-electron chi connectivity index (χ4n) is 1.70. The first kappa shape index (κ1) is 15.9. The average Bonchev–Trinajstić information content (AvgIpc) is 2.49. The third kappa shape index (κ3) is 4.23. The second kappa shape index (κ2) is 6.95. The molecule has 0 radical (unpaired) electrons. The molecule has 0 atom stereocenters. The molecule has 2 rings (SSSR count). The fourth-order valence-corrected chi connectivity index (χ4v) is 1.88. The summed E-state index contributed by atoms with van der Waals surface area (Å²) in [7, 11) is 0. The normalized spacial score (nSPS) is 10.1. The first-order valence-electron chi connectivity index (χ1n) is 6.54. The maximum Gasteiger partial charge on any atom is 0.338 e. The van der Waals surface area contributed by atoms with Crippen molar-refractivity contribution in [1.29, 1.82) is 0 Å².